The molecular formula is C16H30N2O3. The molecule has 1 N–H and O–H groups in total. The number of amides is 2. The van der Waals surface area contributed by atoms with Crippen molar-refractivity contribution in [2.75, 3.05) is 27.2 Å². The lowest BCUT2D eigenvalue weighted by atomic mass is 9.90. The Bertz CT molecular complexity index is 329. The first-order valence-corrected chi connectivity index (χ1v) is 7.95. The standard InChI is InChI=1S/C16H30N2O3/c1-13-7-5-9-16(2,21-4)10-6-12-18(3)14(19)8-11-17-15(13)20/h13H,5-12H2,1-4H3,(H,17,20). The molecule has 21 heavy (non-hydrogen) atoms. The van der Waals surface area contributed by atoms with Crippen LogP contribution in [-0.4, -0.2) is 49.6 Å². The molecule has 5 heteroatoms. The maximum atomic E-state index is 11.9. The van der Waals surface area contributed by atoms with E-state index in [1.807, 2.05) is 14.0 Å². The predicted octanol–water partition coefficient (Wildman–Crippen LogP) is 1.96. The molecule has 0 aromatic carbocycles. The maximum Gasteiger partial charge on any atom is 0.224 e. The van der Waals surface area contributed by atoms with E-state index in [1.165, 1.54) is 0 Å². The lowest BCUT2D eigenvalue weighted by Gasteiger charge is -2.30. The number of rotatable bonds is 1. The lowest BCUT2D eigenvalue weighted by molar-refractivity contribution is -0.130. The topological polar surface area (TPSA) is 58.6 Å². The molecule has 2 unspecified atom stereocenters. The Kier molecular flexibility index (Phi) is 7.15. The van der Waals surface area contributed by atoms with Gasteiger partial charge < -0.3 is 15.0 Å². The first kappa shape index (κ1) is 18.0. The molecule has 0 saturated carbocycles. The van der Waals surface area contributed by atoms with Gasteiger partial charge in [-0.05, 0) is 39.0 Å². The van der Waals surface area contributed by atoms with Gasteiger partial charge in [0.15, 0.2) is 0 Å². The Morgan fingerprint density at radius 2 is 1.95 bits per heavy atom. The van der Waals surface area contributed by atoms with Gasteiger partial charge in [-0.15, -0.1) is 0 Å². The second-order valence-electron chi connectivity index (χ2n) is 6.41. The zero-order valence-electron chi connectivity index (χ0n) is 13.9. The summed E-state index contributed by atoms with van der Waals surface area (Å²) in [5.41, 5.74) is -0.162. The van der Waals surface area contributed by atoms with E-state index in [4.69, 9.17) is 4.74 Å². The molecule has 0 aliphatic carbocycles. The van der Waals surface area contributed by atoms with Crippen LogP contribution in [0.1, 0.15) is 52.4 Å². The Morgan fingerprint density at radius 3 is 2.62 bits per heavy atom. The van der Waals surface area contributed by atoms with Gasteiger partial charge in [0, 0.05) is 39.6 Å². The number of methoxy groups -OCH3 is 1. The van der Waals surface area contributed by atoms with Gasteiger partial charge in [-0.2, -0.15) is 0 Å². The average Bonchev–Trinajstić information content (AvgIpc) is 2.45. The van der Waals surface area contributed by atoms with Crippen molar-refractivity contribution in [3.8, 4) is 0 Å². The molecule has 1 rings (SSSR count). The number of ether oxygens (including phenoxy) is 1. The Labute approximate surface area is 128 Å². The number of hydrogen-bond acceptors (Lipinski definition) is 3. The molecule has 5 nitrogen and oxygen atoms in total. The summed E-state index contributed by atoms with van der Waals surface area (Å²) in [6.45, 7) is 5.23. The third-order valence-electron chi connectivity index (χ3n) is 4.55. The van der Waals surface area contributed by atoms with Crippen LogP contribution in [0.3, 0.4) is 0 Å². The SMILES string of the molecule is COC1(C)CCCC(C)C(=O)NCCC(=O)N(C)CCC1. The second-order valence-corrected chi connectivity index (χ2v) is 6.41. The van der Waals surface area contributed by atoms with Gasteiger partial charge in [-0.1, -0.05) is 6.92 Å². The van der Waals surface area contributed by atoms with Crippen molar-refractivity contribution >= 4 is 11.8 Å². The number of nitrogens with zero attached hydrogens (tertiary/aromatic N) is 1. The summed E-state index contributed by atoms with van der Waals surface area (Å²) in [4.78, 5) is 25.6. The fourth-order valence-electron chi connectivity index (χ4n) is 2.72. The molecule has 1 aliphatic rings. The molecule has 0 aromatic rings. The Balaban J connectivity index is 2.67. The van der Waals surface area contributed by atoms with E-state index >= 15 is 0 Å². The van der Waals surface area contributed by atoms with Crippen LogP contribution >= 0.6 is 0 Å². The Hall–Kier alpha value is -1.10. The summed E-state index contributed by atoms with van der Waals surface area (Å²) in [6, 6.07) is 0. The molecule has 122 valence electrons. The highest BCUT2D eigenvalue weighted by Crippen LogP contribution is 2.25. The summed E-state index contributed by atoms with van der Waals surface area (Å²) in [6.07, 6.45) is 5.03. The van der Waals surface area contributed by atoms with Crippen molar-refractivity contribution in [1.29, 1.82) is 0 Å². The summed E-state index contributed by atoms with van der Waals surface area (Å²) < 4.78 is 5.66. The van der Waals surface area contributed by atoms with Crippen molar-refractivity contribution in [3.63, 3.8) is 0 Å². The maximum absolute atomic E-state index is 11.9. The van der Waals surface area contributed by atoms with Crippen LogP contribution in [0.15, 0.2) is 0 Å². The summed E-state index contributed by atoms with van der Waals surface area (Å²) in [5.74, 6) is 0.114. The van der Waals surface area contributed by atoms with E-state index in [0.717, 1.165) is 38.6 Å². The summed E-state index contributed by atoms with van der Waals surface area (Å²) in [7, 11) is 3.57. The molecule has 1 fully saturated rings. The number of nitrogens with one attached hydrogen (secondary N) is 1. The molecule has 0 spiro atoms. The van der Waals surface area contributed by atoms with Crippen molar-refractivity contribution in [1.82, 2.24) is 10.2 Å². The van der Waals surface area contributed by atoms with Crippen molar-refractivity contribution in [2.24, 2.45) is 5.92 Å². The van der Waals surface area contributed by atoms with Crippen molar-refractivity contribution < 1.29 is 14.3 Å². The summed E-state index contributed by atoms with van der Waals surface area (Å²) in [5, 5.41) is 2.85. The highest BCUT2D eigenvalue weighted by atomic mass is 16.5. The van der Waals surface area contributed by atoms with E-state index in [-0.39, 0.29) is 23.3 Å². The van der Waals surface area contributed by atoms with Crippen LogP contribution < -0.4 is 5.32 Å². The Morgan fingerprint density at radius 1 is 1.29 bits per heavy atom. The van der Waals surface area contributed by atoms with Gasteiger partial charge in [0.05, 0.1) is 5.60 Å². The quantitative estimate of drug-likeness (QED) is 0.805. The van der Waals surface area contributed by atoms with Crippen LogP contribution in [0.2, 0.25) is 0 Å². The van der Waals surface area contributed by atoms with Crippen LogP contribution in [0, 0.1) is 5.92 Å². The molecule has 2 amide bonds. The van der Waals surface area contributed by atoms with E-state index < -0.39 is 0 Å². The minimum Gasteiger partial charge on any atom is -0.379 e. The number of carbonyl (C=O) groups excluding carboxylic acids is 2. The molecule has 1 saturated heterocycles. The monoisotopic (exact) mass is 298 g/mol. The minimum atomic E-state index is -0.162. The second kappa shape index (κ2) is 8.37. The van der Waals surface area contributed by atoms with Crippen LogP contribution in [0.4, 0.5) is 0 Å². The van der Waals surface area contributed by atoms with Gasteiger partial charge in [-0.3, -0.25) is 9.59 Å². The number of carbonyl (C=O) groups is 2. The van der Waals surface area contributed by atoms with Crippen LogP contribution in [0.5, 0.6) is 0 Å². The minimum absolute atomic E-state index is 0.0121. The first-order chi connectivity index (χ1) is 9.88. The lowest BCUT2D eigenvalue weighted by Crippen LogP contribution is -2.36. The van der Waals surface area contributed by atoms with Gasteiger partial charge in [0.1, 0.15) is 0 Å². The molecule has 0 aromatic heterocycles. The molecule has 0 bridgehead atoms. The third kappa shape index (κ3) is 6.04. The normalized spacial score (nSPS) is 30.7. The van der Waals surface area contributed by atoms with E-state index in [2.05, 4.69) is 12.2 Å². The van der Waals surface area contributed by atoms with E-state index in [1.54, 1.807) is 12.0 Å². The molecule has 2 atom stereocenters. The van der Waals surface area contributed by atoms with Gasteiger partial charge >= 0.3 is 0 Å². The highest BCUT2D eigenvalue weighted by Gasteiger charge is 2.24. The van der Waals surface area contributed by atoms with Gasteiger partial charge in [-0.25, -0.2) is 0 Å². The van der Waals surface area contributed by atoms with Gasteiger partial charge in [0.25, 0.3) is 0 Å². The molecule has 0 radical (unpaired) electrons. The van der Waals surface area contributed by atoms with Crippen molar-refractivity contribution in [3.05, 3.63) is 0 Å². The average molecular weight is 298 g/mol. The predicted molar refractivity (Wildman–Crippen MR) is 82.9 cm³/mol. The van der Waals surface area contributed by atoms with Crippen LogP contribution in [0.25, 0.3) is 0 Å². The van der Waals surface area contributed by atoms with Crippen LogP contribution in [-0.2, 0) is 14.3 Å². The zero-order chi connectivity index (χ0) is 15.9. The highest BCUT2D eigenvalue weighted by molar-refractivity contribution is 5.80. The van der Waals surface area contributed by atoms with E-state index in [0.29, 0.717) is 13.0 Å². The molecular weight excluding hydrogens is 268 g/mol. The number of hydrogen-bond donors (Lipinski definition) is 1. The van der Waals surface area contributed by atoms with Gasteiger partial charge in [0.2, 0.25) is 11.8 Å². The molecule has 1 aliphatic heterocycles. The first-order valence-electron chi connectivity index (χ1n) is 7.95. The van der Waals surface area contributed by atoms with Crippen molar-refractivity contribution in [2.45, 2.75) is 58.0 Å². The third-order valence-corrected chi connectivity index (χ3v) is 4.55. The summed E-state index contributed by atoms with van der Waals surface area (Å²) >= 11 is 0. The van der Waals surface area contributed by atoms with E-state index in [9.17, 15) is 9.59 Å². The fraction of sp³-hybridized carbons (Fsp3) is 0.875. The zero-order valence-corrected chi connectivity index (χ0v) is 13.9. The fourth-order valence-corrected chi connectivity index (χ4v) is 2.72. The molecule has 1 heterocycles. The largest absolute Gasteiger partial charge is 0.379 e. The smallest absolute Gasteiger partial charge is 0.224 e.